The van der Waals surface area contributed by atoms with Crippen LogP contribution in [0.25, 0.3) is 6.08 Å². The van der Waals surface area contributed by atoms with Crippen molar-refractivity contribution in [3.8, 4) is 11.5 Å². The Morgan fingerprint density at radius 1 is 1.09 bits per heavy atom. The first kappa shape index (κ1) is 26.0. The highest BCUT2D eigenvalue weighted by Gasteiger charge is 2.15. The number of allylic oxidation sites excluding steroid dienone is 2. The van der Waals surface area contributed by atoms with Crippen LogP contribution in [0.3, 0.4) is 0 Å². The number of rotatable bonds is 12. The van der Waals surface area contributed by atoms with Crippen molar-refractivity contribution < 1.29 is 24.2 Å². The topological polar surface area (TPSA) is 96.9 Å². The van der Waals surface area contributed by atoms with E-state index in [9.17, 15) is 9.59 Å². The Balaban J connectivity index is 1.64. The second kappa shape index (κ2) is 13.3. The molecule has 0 saturated heterocycles. The third-order valence-electron chi connectivity index (χ3n) is 5.44. The van der Waals surface area contributed by atoms with E-state index < -0.39 is 11.8 Å². The number of ether oxygens (including phenoxy) is 2. The number of hydrogen-bond donors (Lipinski definition) is 3. The number of carbonyl (C=O) groups excluding carboxylic acids is 2. The summed E-state index contributed by atoms with van der Waals surface area (Å²) in [4.78, 5) is 25.5. The Hall–Kier alpha value is -3.58. The zero-order chi connectivity index (χ0) is 25.0. The lowest BCUT2D eigenvalue weighted by Crippen LogP contribution is -2.36. The highest BCUT2D eigenvalue weighted by Crippen LogP contribution is 2.21. The number of amides is 2. The first-order chi connectivity index (χ1) is 16.9. The second-order valence-corrected chi connectivity index (χ2v) is 8.65. The largest absolute Gasteiger partial charge is 0.494 e. The molecule has 1 unspecified atom stereocenters. The summed E-state index contributed by atoms with van der Waals surface area (Å²) in [6, 6.07) is 14.1. The normalized spacial score (nSPS) is 15.2. The standard InChI is InChI=1S/C28H34N2O5/c1-20(2)35-25-11-7-22(8-12-25)19-26(28(33)29-16-17-31)30-27(32)23-9-13-24(14-10-23)34-18-15-21-5-3-4-6-21/h3,5,7-14,19-21,31H,4,6,15-18H2,1-2H3,(H,29,33)(H,30,32)/b26-19-. The van der Waals surface area contributed by atoms with Gasteiger partial charge < -0.3 is 25.2 Å². The van der Waals surface area contributed by atoms with Crippen LogP contribution >= 0.6 is 0 Å². The average Bonchev–Trinajstić information content (AvgIpc) is 3.37. The predicted molar refractivity (Wildman–Crippen MR) is 136 cm³/mol. The van der Waals surface area contributed by atoms with E-state index in [0.29, 0.717) is 23.8 Å². The lowest BCUT2D eigenvalue weighted by atomic mass is 10.1. The number of carbonyl (C=O) groups is 2. The van der Waals surface area contributed by atoms with Crippen LogP contribution in [0.15, 0.2) is 66.4 Å². The molecule has 7 heteroatoms. The molecule has 2 aromatic rings. The number of aliphatic hydroxyl groups excluding tert-OH is 1. The van der Waals surface area contributed by atoms with Gasteiger partial charge in [-0.05, 0) is 87.1 Å². The highest BCUT2D eigenvalue weighted by molar-refractivity contribution is 6.05. The van der Waals surface area contributed by atoms with Crippen LogP contribution in [0.5, 0.6) is 11.5 Å². The van der Waals surface area contributed by atoms with Gasteiger partial charge in [0.1, 0.15) is 17.2 Å². The molecule has 3 rings (SSSR count). The fourth-order valence-corrected chi connectivity index (χ4v) is 3.67. The number of benzene rings is 2. The number of aliphatic hydroxyl groups is 1. The molecule has 0 aliphatic heterocycles. The minimum atomic E-state index is -0.490. The summed E-state index contributed by atoms with van der Waals surface area (Å²) in [6.45, 7) is 4.39. The van der Waals surface area contributed by atoms with Crippen LogP contribution in [-0.4, -0.2) is 42.8 Å². The lowest BCUT2D eigenvalue weighted by Gasteiger charge is -2.12. The molecule has 0 spiro atoms. The van der Waals surface area contributed by atoms with E-state index in [2.05, 4.69) is 22.8 Å². The third-order valence-corrected chi connectivity index (χ3v) is 5.44. The van der Waals surface area contributed by atoms with Crippen LogP contribution in [0.4, 0.5) is 0 Å². The van der Waals surface area contributed by atoms with E-state index in [-0.39, 0.29) is 25.0 Å². The molecule has 35 heavy (non-hydrogen) atoms. The molecule has 0 radical (unpaired) electrons. The molecule has 0 saturated carbocycles. The van der Waals surface area contributed by atoms with E-state index in [1.54, 1.807) is 54.6 Å². The maximum absolute atomic E-state index is 12.8. The van der Waals surface area contributed by atoms with Crippen molar-refractivity contribution >= 4 is 17.9 Å². The summed E-state index contributed by atoms with van der Waals surface area (Å²) in [6.07, 6.45) is 9.38. The molecule has 1 aliphatic rings. The number of hydrogen-bond acceptors (Lipinski definition) is 5. The van der Waals surface area contributed by atoms with Gasteiger partial charge >= 0.3 is 0 Å². The van der Waals surface area contributed by atoms with Gasteiger partial charge in [0.05, 0.1) is 19.3 Å². The second-order valence-electron chi connectivity index (χ2n) is 8.65. The monoisotopic (exact) mass is 478 g/mol. The van der Waals surface area contributed by atoms with Gasteiger partial charge in [-0.2, -0.15) is 0 Å². The molecule has 0 aromatic heterocycles. The van der Waals surface area contributed by atoms with Crippen LogP contribution in [0.2, 0.25) is 0 Å². The van der Waals surface area contributed by atoms with Crippen molar-refractivity contribution in [3.05, 3.63) is 77.5 Å². The summed E-state index contributed by atoms with van der Waals surface area (Å²) >= 11 is 0. The van der Waals surface area contributed by atoms with E-state index in [4.69, 9.17) is 14.6 Å². The van der Waals surface area contributed by atoms with Gasteiger partial charge in [0.2, 0.25) is 0 Å². The maximum atomic E-state index is 12.8. The Labute approximate surface area is 206 Å². The first-order valence-electron chi connectivity index (χ1n) is 12.0. The summed E-state index contributed by atoms with van der Waals surface area (Å²) in [7, 11) is 0. The Kier molecular flexibility index (Phi) is 9.93. The quantitative estimate of drug-likeness (QED) is 0.315. The molecule has 0 bridgehead atoms. The predicted octanol–water partition coefficient (Wildman–Crippen LogP) is 4.09. The maximum Gasteiger partial charge on any atom is 0.267 e. The van der Waals surface area contributed by atoms with Crippen LogP contribution < -0.4 is 20.1 Å². The molecule has 1 atom stereocenters. The summed E-state index contributed by atoms with van der Waals surface area (Å²) < 4.78 is 11.5. The summed E-state index contributed by atoms with van der Waals surface area (Å²) in [5.41, 5.74) is 1.19. The minimum absolute atomic E-state index is 0.0525. The molecule has 0 fully saturated rings. The molecule has 2 aromatic carbocycles. The van der Waals surface area contributed by atoms with Crippen molar-refractivity contribution in [3.63, 3.8) is 0 Å². The molecule has 1 aliphatic carbocycles. The van der Waals surface area contributed by atoms with Crippen molar-refractivity contribution in [2.45, 2.75) is 39.2 Å². The zero-order valence-electron chi connectivity index (χ0n) is 20.3. The highest BCUT2D eigenvalue weighted by atomic mass is 16.5. The lowest BCUT2D eigenvalue weighted by molar-refractivity contribution is -0.117. The van der Waals surface area contributed by atoms with Gasteiger partial charge in [0, 0.05) is 12.1 Å². The van der Waals surface area contributed by atoms with Gasteiger partial charge in [0.25, 0.3) is 11.8 Å². The molecule has 186 valence electrons. The van der Waals surface area contributed by atoms with Crippen LogP contribution in [0, 0.1) is 5.92 Å². The first-order valence-corrected chi connectivity index (χ1v) is 12.0. The molecule has 0 heterocycles. The van der Waals surface area contributed by atoms with Gasteiger partial charge in [-0.1, -0.05) is 24.3 Å². The van der Waals surface area contributed by atoms with Gasteiger partial charge in [0.15, 0.2) is 0 Å². The molecule has 2 amide bonds. The van der Waals surface area contributed by atoms with Gasteiger partial charge in [-0.15, -0.1) is 0 Å². The molecular formula is C28H34N2O5. The number of nitrogens with one attached hydrogen (secondary N) is 2. The van der Waals surface area contributed by atoms with E-state index in [1.165, 1.54) is 6.42 Å². The van der Waals surface area contributed by atoms with Crippen molar-refractivity contribution in [1.82, 2.24) is 10.6 Å². The van der Waals surface area contributed by atoms with Crippen LogP contribution in [0.1, 0.15) is 49.0 Å². The average molecular weight is 479 g/mol. The summed E-state index contributed by atoms with van der Waals surface area (Å²) in [5.74, 6) is 1.09. The molecular weight excluding hydrogens is 444 g/mol. The van der Waals surface area contributed by atoms with Crippen molar-refractivity contribution in [1.29, 1.82) is 0 Å². The third kappa shape index (κ3) is 8.61. The molecule has 3 N–H and O–H groups in total. The SMILES string of the molecule is CC(C)Oc1ccc(/C=C(\NC(=O)c2ccc(OCCC3C=CCC3)cc2)C(=O)NCCO)cc1. The Morgan fingerprint density at radius 2 is 1.80 bits per heavy atom. The summed E-state index contributed by atoms with van der Waals surface area (Å²) in [5, 5.41) is 14.3. The Morgan fingerprint density at radius 3 is 2.43 bits per heavy atom. The smallest absolute Gasteiger partial charge is 0.267 e. The van der Waals surface area contributed by atoms with Gasteiger partial charge in [-0.25, -0.2) is 0 Å². The van der Waals surface area contributed by atoms with Crippen LogP contribution in [-0.2, 0) is 4.79 Å². The van der Waals surface area contributed by atoms with Crippen molar-refractivity contribution in [2.75, 3.05) is 19.8 Å². The van der Waals surface area contributed by atoms with Gasteiger partial charge in [-0.3, -0.25) is 9.59 Å². The van der Waals surface area contributed by atoms with Crippen molar-refractivity contribution in [2.24, 2.45) is 5.92 Å². The fraction of sp³-hybridized carbons (Fsp3) is 0.357. The van der Waals surface area contributed by atoms with E-state index in [1.807, 2.05) is 13.8 Å². The molecule has 7 nitrogen and oxygen atoms in total. The minimum Gasteiger partial charge on any atom is -0.494 e. The fourth-order valence-electron chi connectivity index (χ4n) is 3.67. The van der Waals surface area contributed by atoms with E-state index >= 15 is 0 Å². The van der Waals surface area contributed by atoms with E-state index in [0.717, 1.165) is 24.2 Å². The zero-order valence-corrected chi connectivity index (χ0v) is 20.3. The Bertz CT molecular complexity index is 1030.